The van der Waals surface area contributed by atoms with Crippen LogP contribution in [-0.4, -0.2) is 10.7 Å². The molecule has 4 atom stereocenters. The van der Waals surface area contributed by atoms with Crippen LogP contribution in [0.5, 0.6) is 0 Å². The summed E-state index contributed by atoms with van der Waals surface area (Å²) in [5.41, 5.74) is -0.969. The summed E-state index contributed by atoms with van der Waals surface area (Å²) >= 11 is 0. The average molecular weight is 222 g/mol. The minimum atomic E-state index is -0.668. The summed E-state index contributed by atoms with van der Waals surface area (Å²) in [5, 5.41) is 19.2. The Bertz CT molecular complexity index is 373. The van der Waals surface area contributed by atoms with Crippen molar-refractivity contribution in [2.24, 2.45) is 17.3 Å². The van der Waals surface area contributed by atoms with Crippen molar-refractivity contribution in [2.75, 3.05) is 0 Å². The monoisotopic (exact) mass is 222 g/mol. The smallest absolute Gasteiger partial charge is 0.295 e. The summed E-state index contributed by atoms with van der Waals surface area (Å²) in [4.78, 5) is 15.5. The fraction of sp³-hybridized carbons (Fsp3) is 0.909. The third-order valence-electron chi connectivity index (χ3n) is 4.51. The maximum absolute atomic E-state index is 10.6. The van der Waals surface area contributed by atoms with Gasteiger partial charge < -0.3 is 4.84 Å². The molecular weight excluding hydrogens is 208 g/mol. The highest BCUT2D eigenvalue weighted by atomic mass is 17.0. The Balaban J connectivity index is 1.93. The van der Waals surface area contributed by atoms with Gasteiger partial charge in [0.2, 0.25) is 0 Å². The summed E-state index contributed by atoms with van der Waals surface area (Å²) in [6.07, 6.45) is 5.07. The van der Waals surface area contributed by atoms with E-state index in [0.29, 0.717) is 18.3 Å². The Morgan fingerprint density at radius 1 is 1.31 bits per heavy atom. The van der Waals surface area contributed by atoms with E-state index in [1.165, 1.54) is 0 Å². The number of hydrogen-bond acceptors (Lipinski definition) is 4. The SMILES string of the molecule is N#CC12C[C@H]3C[C@@H](C1)CC(O[N+](=O)[O-])(C3)C2. The van der Waals surface area contributed by atoms with E-state index in [0.717, 1.165) is 32.1 Å². The second-order valence-electron chi connectivity index (χ2n) is 5.85. The molecule has 4 fully saturated rings. The zero-order valence-electron chi connectivity index (χ0n) is 9.02. The van der Waals surface area contributed by atoms with Crippen LogP contribution in [0.4, 0.5) is 0 Å². The van der Waals surface area contributed by atoms with Crippen molar-refractivity contribution in [1.29, 1.82) is 5.26 Å². The molecule has 0 radical (unpaired) electrons. The Hall–Kier alpha value is -1.31. The topological polar surface area (TPSA) is 76.2 Å². The van der Waals surface area contributed by atoms with Gasteiger partial charge in [0.1, 0.15) is 5.60 Å². The molecule has 86 valence electrons. The molecule has 0 aromatic heterocycles. The third-order valence-corrected chi connectivity index (χ3v) is 4.51. The van der Waals surface area contributed by atoms with Crippen LogP contribution in [0.3, 0.4) is 0 Å². The highest BCUT2D eigenvalue weighted by Crippen LogP contribution is 2.62. The van der Waals surface area contributed by atoms with E-state index < -0.39 is 10.7 Å². The van der Waals surface area contributed by atoms with Crippen molar-refractivity contribution >= 4 is 0 Å². The van der Waals surface area contributed by atoms with Gasteiger partial charge in [-0.15, -0.1) is 10.1 Å². The molecule has 5 heteroatoms. The highest BCUT2D eigenvalue weighted by molar-refractivity contribution is 5.16. The van der Waals surface area contributed by atoms with Crippen molar-refractivity contribution < 1.29 is 9.92 Å². The lowest BCUT2D eigenvalue weighted by atomic mass is 9.48. The van der Waals surface area contributed by atoms with Gasteiger partial charge in [0, 0.05) is 0 Å². The summed E-state index contributed by atoms with van der Waals surface area (Å²) in [6, 6.07) is 2.41. The normalized spacial score (nSPS) is 48.7. The van der Waals surface area contributed by atoms with Crippen LogP contribution >= 0.6 is 0 Å². The first-order valence-electron chi connectivity index (χ1n) is 5.80. The van der Waals surface area contributed by atoms with Crippen LogP contribution in [-0.2, 0) is 4.84 Å². The lowest BCUT2D eigenvalue weighted by Crippen LogP contribution is -2.57. The molecule has 0 aromatic rings. The molecule has 0 aliphatic heterocycles. The van der Waals surface area contributed by atoms with Gasteiger partial charge in [0.25, 0.3) is 5.09 Å². The number of rotatable bonds is 2. The standard InChI is InChI=1S/C11H14N2O3/c12-7-10-2-8-1-9(3-10)5-11(4-8,6-10)16-13(14)15/h8-9H,1-6H2/t8-,9+,10?,11?. The van der Waals surface area contributed by atoms with Gasteiger partial charge in [-0.25, -0.2) is 0 Å². The van der Waals surface area contributed by atoms with E-state index in [1.54, 1.807) is 0 Å². The van der Waals surface area contributed by atoms with Gasteiger partial charge in [0.05, 0.1) is 11.5 Å². The Labute approximate surface area is 93.5 Å². The van der Waals surface area contributed by atoms with E-state index in [-0.39, 0.29) is 5.41 Å². The van der Waals surface area contributed by atoms with Crippen molar-refractivity contribution in [2.45, 2.75) is 44.1 Å². The molecule has 4 bridgehead atoms. The third kappa shape index (κ3) is 1.29. The van der Waals surface area contributed by atoms with Gasteiger partial charge in [-0.2, -0.15) is 5.26 Å². The van der Waals surface area contributed by atoms with Crippen LogP contribution in [0.2, 0.25) is 0 Å². The zero-order chi connectivity index (χ0) is 11.4. The molecule has 2 unspecified atom stereocenters. The predicted octanol–water partition coefficient (Wildman–Crippen LogP) is 2.06. The molecule has 0 spiro atoms. The van der Waals surface area contributed by atoms with Gasteiger partial charge in [-0.1, -0.05) is 0 Å². The van der Waals surface area contributed by atoms with Gasteiger partial charge in [-0.05, 0) is 50.4 Å². The lowest BCUT2D eigenvalue weighted by molar-refractivity contribution is -0.785. The largest absolute Gasteiger partial charge is 0.307 e. The Kier molecular flexibility index (Phi) is 1.78. The van der Waals surface area contributed by atoms with Crippen LogP contribution in [0.25, 0.3) is 0 Å². The minimum Gasteiger partial charge on any atom is -0.307 e. The highest BCUT2D eigenvalue weighted by Gasteiger charge is 2.60. The summed E-state index contributed by atoms with van der Waals surface area (Å²) in [5.74, 6) is 0.918. The molecule has 0 heterocycles. The number of nitriles is 1. The van der Waals surface area contributed by atoms with E-state index in [2.05, 4.69) is 6.07 Å². The van der Waals surface area contributed by atoms with Crippen molar-refractivity contribution in [3.63, 3.8) is 0 Å². The number of nitrogens with zero attached hydrogens (tertiary/aromatic N) is 2. The molecule has 0 amide bonds. The predicted molar refractivity (Wildman–Crippen MR) is 53.5 cm³/mol. The minimum absolute atomic E-state index is 0.333. The van der Waals surface area contributed by atoms with Crippen LogP contribution < -0.4 is 0 Å². The Morgan fingerprint density at radius 3 is 2.44 bits per heavy atom. The molecule has 0 saturated heterocycles. The maximum Gasteiger partial charge on any atom is 0.295 e. The molecule has 0 aromatic carbocycles. The van der Waals surface area contributed by atoms with E-state index in [9.17, 15) is 15.4 Å². The number of hydrogen-bond donors (Lipinski definition) is 0. The molecule has 4 aliphatic carbocycles. The first kappa shape index (κ1) is 9.88. The Morgan fingerprint density at radius 2 is 1.94 bits per heavy atom. The summed E-state index contributed by atoms with van der Waals surface area (Å²) < 4.78 is 0. The molecule has 16 heavy (non-hydrogen) atoms. The van der Waals surface area contributed by atoms with Gasteiger partial charge in [0.15, 0.2) is 0 Å². The van der Waals surface area contributed by atoms with Crippen molar-refractivity contribution in [3.05, 3.63) is 10.1 Å². The maximum atomic E-state index is 10.6. The molecule has 4 aliphatic rings. The van der Waals surface area contributed by atoms with Gasteiger partial charge in [-0.3, -0.25) is 0 Å². The average Bonchev–Trinajstić information content (AvgIpc) is 2.13. The summed E-state index contributed by atoms with van der Waals surface area (Å²) in [7, 11) is 0. The van der Waals surface area contributed by atoms with E-state index in [4.69, 9.17) is 4.84 Å². The fourth-order valence-corrected chi connectivity index (χ4v) is 4.57. The van der Waals surface area contributed by atoms with E-state index in [1.807, 2.05) is 0 Å². The second-order valence-corrected chi connectivity index (χ2v) is 5.85. The zero-order valence-corrected chi connectivity index (χ0v) is 9.02. The molecule has 4 rings (SSSR count). The lowest BCUT2D eigenvalue weighted by Gasteiger charge is -2.58. The second kappa shape index (κ2) is 2.88. The quantitative estimate of drug-likeness (QED) is 0.529. The first-order valence-corrected chi connectivity index (χ1v) is 5.80. The molecule has 4 saturated carbocycles. The van der Waals surface area contributed by atoms with Crippen LogP contribution in [0.1, 0.15) is 38.5 Å². The summed E-state index contributed by atoms with van der Waals surface area (Å²) in [6.45, 7) is 0. The van der Waals surface area contributed by atoms with Crippen LogP contribution in [0.15, 0.2) is 0 Å². The molecule has 5 nitrogen and oxygen atoms in total. The van der Waals surface area contributed by atoms with Gasteiger partial charge >= 0.3 is 0 Å². The van der Waals surface area contributed by atoms with Crippen molar-refractivity contribution in [3.8, 4) is 6.07 Å². The molecule has 0 N–H and O–H groups in total. The van der Waals surface area contributed by atoms with E-state index >= 15 is 0 Å². The van der Waals surface area contributed by atoms with Crippen molar-refractivity contribution in [1.82, 2.24) is 0 Å². The first-order chi connectivity index (χ1) is 7.55. The fourth-order valence-electron chi connectivity index (χ4n) is 4.57. The van der Waals surface area contributed by atoms with Crippen LogP contribution in [0, 0.1) is 38.7 Å². The molecular formula is C11H14N2O3.